The minimum atomic E-state index is -0.183. The van der Waals surface area contributed by atoms with Crippen molar-refractivity contribution in [1.82, 2.24) is 24.1 Å². The molecule has 0 bridgehead atoms. The molecule has 1 aliphatic rings. The van der Waals surface area contributed by atoms with Gasteiger partial charge in [-0.3, -0.25) is 0 Å². The van der Waals surface area contributed by atoms with Crippen LogP contribution in [-0.2, 0) is 5.41 Å². The quantitative estimate of drug-likeness (QED) is 0.176. The van der Waals surface area contributed by atoms with Crippen LogP contribution >= 0.6 is 0 Å². The highest BCUT2D eigenvalue weighted by Crippen LogP contribution is 2.51. The van der Waals surface area contributed by atoms with E-state index in [-0.39, 0.29) is 5.41 Å². The summed E-state index contributed by atoms with van der Waals surface area (Å²) < 4.78 is 4.86. The number of hydrogen-bond donors (Lipinski definition) is 0. The van der Waals surface area contributed by atoms with Gasteiger partial charge in [0.1, 0.15) is 0 Å². The molecule has 0 saturated carbocycles. The smallest absolute Gasteiger partial charge is 0.164 e. The second kappa shape index (κ2) is 12.7. The number of nitrogens with zero attached hydrogens (tertiary/aromatic N) is 5. The van der Waals surface area contributed by atoms with Crippen LogP contribution in [-0.4, -0.2) is 24.1 Å². The highest BCUT2D eigenvalue weighted by Gasteiger charge is 2.36. The molecular weight excluding hydrogens is 719 g/mol. The predicted octanol–water partition coefficient (Wildman–Crippen LogP) is 13.4. The van der Waals surface area contributed by atoms with Crippen LogP contribution < -0.4 is 0 Å². The average Bonchev–Trinajstić information content (AvgIpc) is 3.88. The SMILES string of the molecule is CC1(C)c2ccc(-c3nc(-c4ccccc4)nc(-c4ccccc4)n3)cc2-c2cc(-n3c4ccccc4c4cc5c(cc43)c3ccccc3n5-c3ccccc3)ccc21. The van der Waals surface area contributed by atoms with Gasteiger partial charge in [-0.1, -0.05) is 147 Å². The van der Waals surface area contributed by atoms with Gasteiger partial charge in [0.15, 0.2) is 17.5 Å². The van der Waals surface area contributed by atoms with E-state index in [1.807, 2.05) is 36.4 Å². The van der Waals surface area contributed by atoms with Gasteiger partial charge in [0.05, 0.1) is 22.1 Å². The Balaban J connectivity index is 1.06. The van der Waals surface area contributed by atoms with Gasteiger partial charge in [-0.25, -0.2) is 15.0 Å². The molecule has 0 spiro atoms. The van der Waals surface area contributed by atoms with Gasteiger partial charge in [-0.15, -0.1) is 0 Å². The standard InChI is InChI=1S/C54H37N5/c1-54(2)45-28-26-36(53-56-51(34-16-6-3-7-17-34)55-52(57-53)35-18-8-4-9-19-35)30-41(45)42-31-38(27-29-46(42)54)59-48-25-15-13-23-40(48)44-32-49-43(33-50(44)59)39-22-12-14-24-47(39)58(49)37-20-10-5-11-21-37/h3-33H,1-2H3. The van der Waals surface area contributed by atoms with Crippen molar-refractivity contribution in [3.05, 3.63) is 199 Å². The fourth-order valence-electron chi connectivity index (χ4n) is 9.54. The Bertz CT molecular complexity index is 3390. The molecule has 11 aromatic rings. The fourth-order valence-corrected chi connectivity index (χ4v) is 9.54. The molecule has 0 fully saturated rings. The van der Waals surface area contributed by atoms with E-state index in [0.29, 0.717) is 17.5 Å². The molecular formula is C54H37N5. The van der Waals surface area contributed by atoms with Gasteiger partial charge in [-0.05, 0) is 76.9 Å². The van der Waals surface area contributed by atoms with Crippen LogP contribution in [0.15, 0.2) is 188 Å². The van der Waals surface area contributed by atoms with Gasteiger partial charge >= 0.3 is 0 Å². The number of hydrogen-bond acceptors (Lipinski definition) is 3. The molecule has 5 nitrogen and oxygen atoms in total. The molecule has 278 valence electrons. The van der Waals surface area contributed by atoms with Crippen LogP contribution in [0, 0.1) is 0 Å². The van der Waals surface area contributed by atoms with Crippen LogP contribution in [0.1, 0.15) is 25.0 Å². The first-order valence-corrected chi connectivity index (χ1v) is 20.2. The summed E-state index contributed by atoms with van der Waals surface area (Å²) in [5.74, 6) is 1.97. The zero-order valence-electron chi connectivity index (χ0n) is 32.6. The van der Waals surface area contributed by atoms with Crippen molar-refractivity contribution in [2.75, 3.05) is 0 Å². The topological polar surface area (TPSA) is 48.5 Å². The third-order valence-corrected chi connectivity index (χ3v) is 12.4. The summed E-state index contributed by atoms with van der Waals surface area (Å²) in [5.41, 5.74) is 14.8. The van der Waals surface area contributed by atoms with E-state index in [1.165, 1.54) is 65.9 Å². The van der Waals surface area contributed by atoms with Crippen LogP contribution in [0.2, 0.25) is 0 Å². The minimum absolute atomic E-state index is 0.183. The second-order valence-corrected chi connectivity index (χ2v) is 16.1. The van der Waals surface area contributed by atoms with Crippen molar-refractivity contribution in [2.45, 2.75) is 19.3 Å². The van der Waals surface area contributed by atoms with Crippen molar-refractivity contribution >= 4 is 43.6 Å². The van der Waals surface area contributed by atoms with E-state index >= 15 is 0 Å². The highest BCUT2D eigenvalue weighted by atomic mass is 15.0. The van der Waals surface area contributed by atoms with Gasteiger partial charge in [-0.2, -0.15) is 0 Å². The van der Waals surface area contributed by atoms with Crippen molar-refractivity contribution in [1.29, 1.82) is 0 Å². The van der Waals surface area contributed by atoms with E-state index in [0.717, 1.165) is 28.1 Å². The van der Waals surface area contributed by atoms with Crippen molar-refractivity contribution < 1.29 is 0 Å². The lowest BCUT2D eigenvalue weighted by Crippen LogP contribution is -2.15. The van der Waals surface area contributed by atoms with Crippen LogP contribution in [0.25, 0.3) is 100 Å². The molecule has 0 saturated heterocycles. The Kier molecular flexibility index (Phi) is 7.20. The molecule has 8 aromatic carbocycles. The summed E-state index contributed by atoms with van der Waals surface area (Å²) in [6.45, 7) is 4.67. The first-order chi connectivity index (χ1) is 29.0. The first-order valence-electron chi connectivity index (χ1n) is 20.2. The zero-order valence-corrected chi connectivity index (χ0v) is 32.6. The number of para-hydroxylation sites is 3. The lowest BCUT2D eigenvalue weighted by atomic mass is 9.82. The zero-order chi connectivity index (χ0) is 39.2. The molecule has 59 heavy (non-hydrogen) atoms. The number of rotatable bonds is 5. The summed E-state index contributed by atoms with van der Waals surface area (Å²) >= 11 is 0. The predicted molar refractivity (Wildman–Crippen MR) is 242 cm³/mol. The van der Waals surface area contributed by atoms with Gasteiger partial charge in [0, 0.05) is 55.0 Å². The van der Waals surface area contributed by atoms with Crippen LogP contribution in [0.4, 0.5) is 0 Å². The highest BCUT2D eigenvalue weighted by molar-refractivity contribution is 6.19. The lowest BCUT2D eigenvalue weighted by molar-refractivity contribution is 0.660. The molecule has 3 aromatic heterocycles. The van der Waals surface area contributed by atoms with Gasteiger partial charge < -0.3 is 9.13 Å². The molecule has 5 heteroatoms. The summed E-state index contributed by atoms with van der Waals surface area (Å²) in [6, 6.07) is 67.2. The van der Waals surface area contributed by atoms with Gasteiger partial charge in [0.25, 0.3) is 0 Å². The maximum atomic E-state index is 5.08. The van der Waals surface area contributed by atoms with E-state index in [2.05, 4.69) is 175 Å². The molecule has 0 radical (unpaired) electrons. The fraction of sp³-hybridized carbons (Fsp3) is 0.0556. The molecule has 0 unspecified atom stereocenters. The summed E-state index contributed by atoms with van der Waals surface area (Å²) in [7, 11) is 0. The molecule has 0 aliphatic heterocycles. The van der Waals surface area contributed by atoms with Crippen molar-refractivity contribution in [3.63, 3.8) is 0 Å². The third kappa shape index (κ3) is 5.08. The van der Waals surface area contributed by atoms with E-state index in [9.17, 15) is 0 Å². The maximum Gasteiger partial charge on any atom is 0.164 e. The molecule has 0 amide bonds. The Hall–Kier alpha value is -7.63. The number of fused-ring (bicyclic) bond motifs is 9. The summed E-state index contributed by atoms with van der Waals surface area (Å²) in [4.78, 5) is 15.1. The lowest BCUT2D eigenvalue weighted by Gasteiger charge is -2.21. The van der Waals surface area contributed by atoms with E-state index in [1.54, 1.807) is 0 Å². The van der Waals surface area contributed by atoms with Crippen LogP contribution in [0.3, 0.4) is 0 Å². The van der Waals surface area contributed by atoms with Crippen molar-refractivity contribution in [3.8, 4) is 56.7 Å². The molecule has 0 N–H and O–H groups in total. The molecule has 0 atom stereocenters. The third-order valence-electron chi connectivity index (χ3n) is 12.4. The Morgan fingerprint density at radius 3 is 1.34 bits per heavy atom. The van der Waals surface area contributed by atoms with E-state index in [4.69, 9.17) is 15.0 Å². The Morgan fingerprint density at radius 2 is 0.780 bits per heavy atom. The molecule has 3 heterocycles. The molecule has 12 rings (SSSR count). The maximum absolute atomic E-state index is 5.08. The second-order valence-electron chi connectivity index (χ2n) is 16.1. The monoisotopic (exact) mass is 755 g/mol. The molecule has 1 aliphatic carbocycles. The van der Waals surface area contributed by atoms with Crippen molar-refractivity contribution in [2.24, 2.45) is 0 Å². The Morgan fingerprint density at radius 1 is 0.339 bits per heavy atom. The summed E-state index contributed by atoms with van der Waals surface area (Å²) in [6.07, 6.45) is 0. The normalized spacial score (nSPS) is 13.1. The number of aromatic nitrogens is 5. The largest absolute Gasteiger partial charge is 0.309 e. The Labute approximate surface area is 341 Å². The van der Waals surface area contributed by atoms with Gasteiger partial charge in [0.2, 0.25) is 0 Å². The summed E-state index contributed by atoms with van der Waals surface area (Å²) in [5, 5.41) is 4.94. The first kappa shape index (κ1) is 33.5. The van der Waals surface area contributed by atoms with E-state index < -0.39 is 0 Å². The average molecular weight is 756 g/mol. The number of benzene rings is 8. The minimum Gasteiger partial charge on any atom is -0.309 e. The van der Waals surface area contributed by atoms with Crippen LogP contribution in [0.5, 0.6) is 0 Å².